The molecule has 0 radical (unpaired) electrons. The fourth-order valence-corrected chi connectivity index (χ4v) is 3.50. The van der Waals surface area contributed by atoms with Crippen molar-refractivity contribution in [3.05, 3.63) is 29.3 Å². The number of aryl methyl sites for hydroxylation is 1. The van der Waals surface area contributed by atoms with Crippen molar-refractivity contribution in [3.8, 4) is 5.75 Å². The largest absolute Gasteiger partial charge is 0.491 e. The highest BCUT2D eigenvalue weighted by atomic mass is 16.5. The topological polar surface area (TPSA) is 33.9 Å². The van der Waals surface area contributed by atoms with Crippen LogP contribution in [0.1, 0.15) is 57.1 Å². The Balaban J connectivity index is 1.83. The van der Waals surface area contributed by atoms with Gasteiger partial charge in [-0.3, -0.25) is 0 Å². The molecule has 3 heteroatoms. The second kappa shape index (κ2) is 7.98. The van der Waals surface area contributed by atoms with Crippen LogP contribution >= 0.6 is 0 Å². The molecule has 2 rings (SSSR count). The van der Waals surface area contributed by atoms with Gasteiger partial charge in [-0.1, -0.05) is 19.9 Å². The Labute approximate surface area is 135 Å². The zero-order valence-electron chi connectivity index (χ0n) is 14.6. The van der Waals surface area contributed by atoms with Crippen molar-refractivity contribution in [1.29, 1.82) is 0 Å². The molecular weight excluding hydrogens is 274 g/mol. The third kappa shape index (κ3) is 4.72. The van der Waals surface area contributed by atoms with Gasteiger partial charge in [0.05, 0.1) is 12.6 Å². The van der Waals surface area contributed by atoms with E-state index in [2.05, 4.69) is 39.8 Å². The minimum Gasteiger partial charge on any atom is -0.491 e. The van der Waals surface area contributed by atoms with Crippen molar-refractivity contribution in [2.75, 3.05) is 19.7 Å². The Hall–Kier alpha value is -1.06. The Kier molecular flexibility index (Phi) is 6.27. The van der Waals surface area contributed by atoms with Gasteiger partial charge in [0.25, 0.3) is 0 Å². The monoisotopic (exact) mass is 306 g/mol. The van der Waals surface area contributed by atoms with Crippen molar-refractivity contribution in [3.63, 3.8) is 0 Å². The van der Waals surface area contributed by atoms with Crippen LogP contribution in [-0.2, 0) is 0 Å². The van der Waals surface area contributed by atoms with Crippen LogP contribution in [-0.4, -0.2) is 36.9 Å². The molecule has 1 aliphatic rings. The summed E-state index contributed by atoms with van der Waals surface area (Å²) >= 11 is 0. The van der Waals surface area contributed by atoms with Gasteiger partial charge in [-0.15, -0.1) is 0 Å². The van der Waals surface area contributed by atoms with Crippen molar-refractivity contribution in [1.82, 2.24) is 0 Å². The molecule has 0 spiro atoms. The first-order valence-corrected chi connectivity index (χ1v) is 8.73. The SMILES string of the molecule is Cc1cc(OC[C@@H](O)C[NH+]2CCCC[C@@H]2C)ccc1C(C)C. The molecule has 1 fully saturated rings. The molecule has 0 bridgehead atoms. The fourth-order valence-electron chi connectivity index (χ4n) is 3.50. The summed E-state index contributed by atoms with van der Waals surface area (Å²) in [6, 6.07) is 6.90. The average Bonchev–Trinajstić information content (AvgIpc) is 2.47. The number of piperidine rings is 1. The van der Waals surface area contributed by atoms with E-state index in [9.17, 15) is 5.11 Å². The molecule has 0 amide bonds. The molecule has 0 saturated carbocycles. The molecule has 3 atom stereocenters. The summed E-state index contributed by atoms with van der Waals surface area (Å²) in [5.74, 6) is 1.39. The predicted molar refractivity (Wildman–Crippen MR) is 90.8 cm³/mol. The van der Waals surface area contributed by atoms with Gasteiger partial charge in [0.15, 0.2) is 0 Å². The molecule has 0 aliphatic carbocycles. The zero-order chi connectivity index (χ0) is 16.1. The van der Waals surface area contributed by atoms with Crippen LogP contribution < -0.4 is 9.64 Å². The summed E-state index contributed by atoms with van der Waals surface area (Å²) < 4.78 is 5.80. The van der Waals surface area contributed by atoms with Gasteiger partial charge in [-0.05, 0) is 62.3 Å². The maximum Gasteiger partial charge on any atom is 0.137 e. The molecule has 22 heavy (non-hydrogen) atoms. The van der Waals surface area contributed by atoms with E-state index in [4.69, 9.17) is 4.74 Å². The van der Waals surface area contributed by atoms with E-state index in [-0.39, 0.29) is 6.10 Å². The molecule has 1 heterocycles. The Morgan fingerprint density at radius 2 is 2.09 bits per heavy atom. The number of aliphatic hydroxyl groups excluding tert-OH is 1. The number of nitrogens with one attached hydrogen (secondary N) is 1. The summed E-state index contributed by atoms with van der Waals surface area (Å²) in [7, 11) is 0. The van der Waals surface area contributed by atoms with E-state index in [1.54, 1.807) is 0 Å². The minimum absolute atomic E-state index is 0.386. The first kappa shape index (κ1) is 17.3. The smallest absolute Gasteiger partial charge is 0.137 e. The van der Waals surface area contributed by atoms with Crippen LogP contribution in [0.25, 0.3) is 0 Å². The maximum absolute atomic E-state index is 10.2. The molecule has 1 aliphatic heterocycles. The molecule has 1 unspecified atom stereocenters. The van der Waals surface area contributed by atoms with E-state index in [0.717, 1.165) is 12.3 Å². The lowest BCUT2D eigenvalue weighted by molar-refractivity contribution is -0.931. The average molecular weight is 306 g/mol. The van der Waals surface area contributed by atoms with Crippen LogP contribution in [0.3, 0.4) is 0 Å². The second-order valence-electron chi connectivity index (χ2n) is 7.15. The molecule has 2 N–H and O–H groups in total. The van der Waals surface area contributed by atoms with Gasteiger partial charge in [0.2, 0.25) is 0 Å². The first-order valence-electron chi connectivity index (χ1n) is 8.73. The van der Waals surface area contributed by atoms with Gasteiger partial charge in [-0.25, -0.2) is 0 Å². The van der Waals surface area contributed by atoms with Crippen LogP contribution in [0.4, 0.5) is 0 Å². The van der Waals surface area contributed by atoms with Crippen LogP contribution in [0.2, 0.25) is 0 Å². The van der Waals surface area contributed by atoms with Gasteiger partial charge in [0.1, 0.15) is 25.0 Å². The normalized spacial score (nSPS) is 23.5. The van der Waals surface area contributed by atoms with Crippen molar-refractivity contribution in [2.45, 2.75) is 65.0 Å². The third-order valence-electron chi connectivity index (χ3n) is 4.89. The number of likely N-dealkylation sites (tertiary alicyclic amines) is 1. The van der Waals surface area contributed by atoms with E-state index in [1.807, 2.05) is 6.07 Å². The number of quaternary nitrogens is 1. The lowest BCUT2D eigenvalue weighted by Crippen LogP contribution is -3.17. The first-order chi connectivity index (χ1) is 10.5. The van der Waals surface area contributed by atoms with Gasteiger partial charge in [0, 0.05) is 0 Å². The number of aliphatic hydroxyl groups is 1. The van der Waals surface area contributed by atoms with Crippen molar-refractivity contribution >= 4 is 0 Å². The van der Waals surface area contributed by atoms with E-state index >= 15 is 0 Å². The van der Waals surface area contributed by atoms with Gasteiger partial charge < -0.3 is 14.7 Å². The third-order valence-corrected chi connectivity index (χ3v) is 4.89. The van der Waals surface area contributed by atoms with Gasteiger partial charge in [-0.2, -0.15) is 0 Å². The summed E-state index contributed by atoms with van der Waals surface area (Å²) in [5.41, 5.74) is 2.62. The number of rotatable bonds is 6. The predicted octanol–water partition coefficient (Wildman–Crippen LogP) is 2.32. The number of ether oxygens (including phenoxy) is 1. The number of benzene rings is 1. The summed E-state index contributed by atoms with van der Waals surface area (Å²) in [4.78, 5) is 1.52. The molecule has 1 aromatic rings. The van der Waals surface area contributed by atoms with Gasteiger partial charge >= 0.3 is 0 Å². The van der Waals surface area contributed by atoms with Crippen LogP contribution in [0.15, 0.2) is 18.2 Å². The van der Waals surface area contributed by atoms with Crippen molar-refractivity contribution < 1.29 is 14.7 Å². The Morgan fingerprint density at radius 3 is 2.73 bits per heavy atom. The summed E-state index contributed by atoms with van der Waals surface area (Å²) in [6.45, 7) is 11.2. The number of hydrogen-bond acceptors (Lipinski definition) is 2. The maximum atomic E-state index is 10.2. The zero-order valence-corrected chi connectivity index (χ0v) is 14.6. The fraction of sp³-hybridized carbons (Fsp3) is 0.684. The van der Waals surface area contributed by atoms with E-state index in [1.165, 1.54) is 41.8 Å². The van der Waals surface area contributed by atoms with E-state index in [0.29, 0.717) is 18.6 Å². The highest BCUT2D eigenvalue weighted by Crippen LogP contribution is 2.23. The van der Waals surface area contributed by atoms with Crippen molar-refractivity contribution in [2.24, 2.45) is 0 Å². The number of hydrogen-bond donors (Lipinski definition) is 2. The molecule has 1 aromatic carbocycles. The lowest BCUT2D eigenvalue weighted by atomic mass is 9.98. The second-order valence-corrected chi connectivity index (χ2v) is 7.15. The van der Waals surface area contributed by atoms with E-state index < -0.39 is 0 Å². The standard InChI is InChI=1S/C19H31NO2/c1-14(2)19-9-8-18(11-15(19)3)22-13-17(21)12-20-10-6-5-7-16(20)4/h8-9,11,14,16-17,21H,5-7,10,12-13H2,1-4H3/p+1/t16-,17-/m0/s1. The Bertz CT molecular complexity index is 473. The molecule has 3 nitrogen and oxygen atoms in total. The quantitative estimate of drug-likeness (QED) is 0.846. The molecule has 1 saturated heterocycles. The Morgan fingerprint density at radius 1 is 1.32 bits per heavy atom. The van der Waals surface area contributed by atoms with Crippen LogP contribution in [0, 0.1) is 6.92 Å². The molecule has 124 valence electrons. The summed E-state index contributed by atoms with van der Waals surface area (Å²) in [5, 5.41) is 10.2. The minimum atomic E-state index is -0.388. The summed E-state index contributed by atoms with van der Waals surface area (Å²) in [6.07, 6.45) is 3.50. The highest BCUT2D eigenvalue weighted by Gasteiger charge is 2.24. The molecular formula is C19H32NO2+. The molecule has 0 aromatic heterocycles. The lowest BCUT2D eigenvalue weighted by Gasteiger charge is -2.31. The highest BCUT2D eigenvalue weighted by molar-refractivity contribution is 5.36. The van der Waals surface area contributed by atoms with Crippen LogP contribution in [0.5, 0.6) is 5.75 Å².